The predicted octanol–water partition coefficient (Wildman–Crippen LogP) is 3.58. The van der Waals surface area contributed by atoms with Gasteiger partial charge in [0.25, 0.3) is 5.91 Å². The summed E-state index contributed by atoms with van der Waals surface area (Å²) in [5.41, 5.74) is 6.46. The van der Waals surface area contributed by atoms with Crippen molar-refractivity contribution < 1.29 is 14.3 Å². The lowest BCUT2D eigenvalue weighted by Crippen LogP contribution is -2.42. The Bertz CT molecular complexity index is 745. The number of thioether (sulfide) groups is 1. The molecule has 0 radical (unpaired) electrons. The van der Waals surface area contributed by atoms with E-state index in [4.69, 9.17) is 4.74 Å². The molecule has 5 nitrogen and oxygen atoms in total. The Hall–Kier alpha value is -2.47. The van der Waals surface area contributed by atoms with Gasteiger partial charge in [0.2, 0.25) is 5.91 Å². The number of hydrazine groups is 1. The summed E-state index contributed by atoms with van der Waals surface area (Å²) in [6, 6.07) is 14.8. The fourth-order valence-corrected chi connectivity index (χ4v) is 2.71. The summed E-state index contributed by atoms with van der Waals surface area (Å²) in [4.78, 5) is 25.1. The first-order valence-electron chi connectivity index (χ1n) is 8.45. The molecule has 2 N–H and O–H groups in total. The third-order valence-electron chi connectivity index (χ3n) is 3.39. The number of aryl methyl sites for hydroxylation is 1. The summed E-state index contributed by atoms with van der Waals surface area (Å²) in [5.74, 6) is 0.608. The van der Waals surface area contributed by atoms with Crippen molar-refractivity contribution in [2.75, 3.05) is 12.4 Å². The van der Waals surface area contributed by atoms with Crippen LogP contribution in [0.1, 0.15) is 29.8 Å². The highest BCUT2D eigenvalue weighted by molar-refractivity contribution is 8.00. The highest BCUT2D eigenvalue weighted by Gasteiger charge is 2.09. The second kappa shape index (κ2) is 9.87. The molecule has 0 atom stereocenters. The van der Waals surface area contributed by atoms with Crippen LogP contribution in [0.25, 0.3) is 0 Å². The molecule has 2 amide bonds. The molecule has 6 heteroatoms. The molecule has 0 spiro atoms. The summed E-state index contributed by atoms with van der Waals surface area (Å²) in [7, 11) is 0. The van der Waals surface area contributed by atoms with Crippen LogP contribution >= 0.6 is 11.8 Å². The van der Waals surface area contributed by atoms with Gasteiger partial charge in [-0.15, -0.1) is 11.8 Å². The Kier molecular flexibility index (Phi) is 7.53. The number of rotatable bonds is 7. The number of nitrogens with one attached hydrogen (secondary N) is 2. The van der Waals surface area contributed by atoms with E-state index < -0.39 is 0 Å². The van der Waals surface area contributed by atoms with Crippen molar-refractivity contribution in [3.05, 3.63) is 59.7 Å². The normalized spacial score (nSPS) is 10.5. The third-order valence-corrected chi connectivity index (χ3v) is 4.40. The topological polar surface area (TPSA) is 67.4 Å². The van der Waals surface area contributed by atoms with Gasteiger partial charge < -0.3 is 4.74 Å². The van der Waals surface area contributed by atoms with Crippen molar-refractivity contribution in [3.8, 4) is 5.75 Å². The van der Waals surface area contributed by atoms with Crippen molar-refractivity contribution in [3.63, 3.8) is 0 Å². The molecule has 0 unspecified atom stereocenters. The van der Waals surface area contributed by atoms with Crippen molar-refractivity contribution in [1.29, 1.82) is 0 Å². The molecular formula is C20H24N2O3S. The smallest absolute Gasteiger partial charge is 0.269 e. The average Bonchev–Trinajstić information content (AvgIpc) is 2.64. The van der Waals surface area contributed by atoms with Gasteiger partial charge in [0.1, 0.15) is 5.75 Å². The van der Waals surface area contributed by atoms with Crippen LogP contribution in [0, 0.1) is 12.8 Å². The van der Waals surface area contributed by atoms with Crippen LogP contribution in [0.4, 0.5) is 0 Å². The van der Waals surface area contributed by atoms with Crippen LogP contribution in [0.5, 0.6) is 5.75 Å². The Balaban J connectivity index is 1.79. The summed E-state index contributed by atoms with van der Waals surface area (Å²) in [5, 5.41) is 0. The number of carbonyl (C=O) groups excluding carboxylic acids is 2. The molecular weight excluding hydrogens is 348 g/mol. The Morgan fingerprint density at radius 2 is 1.81 bits per heavy atom. The second-order valence-corrected chi connectivity index (χ2v) is 7.39. The van der Waals surface area contributed by atoms with E-state index in [2.05, 4.69) is 24.7 Å². The number of carbonyl (C=O) groups is 2. The second-order valence-electron chi connectivity index (χ2n) is 6.34. The Labute approximate surface area is 158 Å². The average molecular weight is 372 g/mol. The number of benzene rings is 2. The monoisotopic (exact) mass is 372 g/mol. The summed E-state index contributed by atoms with van der Waals surface area (Å²) < 4.78 is 5.61. The lowest BCUT2D eigenvalue weighted by molar-refractivity contribution is -0.119. The first-order chi connectivity index (χ1) is 12.4. The zero-order valence-electron chi connectivity index (χ0n) is 15.2. The summed E-state index contributed by atoms with van der Waals surface area (Å²) in [6.07, 6.45) is 0. The molecule has 0 aromatic heterocycles. The first-order valence-corrected chi connectivity index (χ1v) is 9.44. The summed E-state index contributed by atoms with van der Waals surface area (Å²) in [6.45, 7) is 6.71. The van der Waals surface area contributed by atoms with E-state index in [9.17, 15) is 9.59 Å². The van der Waals surface area contributed by atoms with Gasteiger partial charge in [-0.25, -0.2) is 0 Å². The predicted molar refractivity (Wildman–Crippen MR) is 104 cm³/mol. The van der Waals surface area contributed by atoms with E-state index in [1.807, 2.05) is 31.2 Å². The maximum absolute atomic E-state index is 12.2. The van der Waals surface area contributed by atoms with Crippen LogP contribution < -0.4 is 15.6 Å². The van der Waals surface area contributed by atoms with E-state index in [0.29, 0.717) is 23.8 Å². The quantitative estimate of drug-likeness (QED) is 0.576. The van der Waals surface area contributed by atoms with Gasteiger partial charge in [-0.05, 0) is 43.2 Å². The van der Waals surface area contributed by atoms with Gasteiger partial charge in [-0.1, -0.05) is 37.6 Å². The van der Waals surface area contributed by atoms with Crippen molar-refractivity contribution >= 4 is 23.6 Å². The third kappa shape index (κ3) is 6.80. The largest absolute Gasteiger partial charge is 0.493 e. The molecule has 0 bridgehead atoms. The molecule has 0 saturated carbocycles. The maximum Gasteiger partial charge on any atom is 0.269 e. The number of amides is 2. The number of ether oxygens (including phenoxy) is 1. The van der Waals surface area contributed by atoms with E-state index in [1.54, 1.807) is 24.3 Å². The molecule has 0 aliphatic heterocycles. The highest BCUT2D eigenvalue weighted by atomic mass is 32.2. The van der Waals surface area contributed by atoms with Gasteiger partial charge in [0.05, 0.1) is 12.4 Å². The Morgan fingerprint density at radius 3 is 2.50 bits per heavy atom. The molecule has 138 valence electrons. The van der Waals surface area contributed by atoms with Gasteiger partial charge in [-0.3, -0.25) is 20.4 Å². The first kappa shape index (κ1) is 19.8. The maximum atomic E-state index is 12.2. The number of hydrogen-bond donors (Lipinski definition) is 2. The Morgan fingerprint density at radius 1 is 1.08 bits per heavy atom. The van der Waals surface area contributed by atoms with Crippen LogP contribution in [-0.2, 0) is 4.79 Å². The molecule has 0 aliphatic rings. The standard InChI is InChI=1S/C20H24N2O3S/c1-14(2)12-25-17-6-4-5-16(11-17)20(24)22-21-19(23)13-26-18-9-7-15(3)8-10-18/h4-11,14H,12-13H2,1-3H3,(H,21,23)(H,22,24). The molecule has 0 heterocycles. The van der Waals surface area contributed by atoms with Crippen LogP contribution in [0.3, 0.4) is 0 Å². The minimum Gasteiger partial charge on any atom is -0.493 e. The van der Waals surface area contributed by atoms with Gasteiger partial charge >= 0.3 is 0 Å². The van der Waals surface area contributed by atoms with Crippen molar-refractivity contribution in [2.24, 2.45) is 5.92 Å². The van der Waals surface area contributed by atoms with E-state index in [0.717, 1.165) is 4.90 Å². The molecule has 26 heavy (non-hydrogen) atoms. The molecule has 0 saturated heterocycles. The number of hydrogen-bond acceptors (Lipinski definition) is 4. The van der Waals surface area contributed by atoms with Crippen molar-refractivity contribution in [1.82, 2.24) is 10.9 Å². The SMILES string of the molecule is Cc1ccc(SCC(=O)NNC(=O)c2cccc(OCC(C)C)c2)cc1. The fourth-order valence-electron chi connectivity index (χ4n) is 2.01. The van der Waals surface area contributed by atoms with Crippen LogP contribution in [0.2, 0.25) is 0 Å². The fraction of sp³-hybridized carbons (Fsp3) is 0.300. The zero-order valence-corrected chi connectivity index (χ0v) is 16.1. The van der Waals surface area contributed by atoms with E-state index in [-0.39, 0.29) is 17.6 Å². The molecule has 0 aliphatic carbocycles. The molecule has 2 rings (SSSR count). The minimum absolute atomic E-state index is 0.223. The molecule has 2 aromatic rings. The zero-order chi connectivity index (χ0) is 18.9. The van der Waals surface area contributed by atoms with Gasteiger partial charge in [0, 0.05) is 10.5 Å². The minimum atomic E-state index is -0.381. The summed E-state index contributed by atoms with van der Waals surface area (Å²) >= 11 is 1.41. The van der Waals surface area contributed by atoms with Crippen molar-refractivity contribution in [2.45, 2.75) is 25.7 Å². The molecule has 2 aromatic carbocycles. The van der Waals surface area contributed by atoms with Gasteiger partial charge in [-0.2, -0.15) is 0 Å². The lowest BCUT2D eigenvalue weighted by Gasteiger charge is -2.11. The van der Waals surface area contributed by atoms with Gasteiger partial charge in [0.15, 0.2) is 0 Å². The molecule has 0 fully saturated rings. The van der Waals surface area contributed by atoms with Crippen LogP contribution in [0.15, 0.2) is 53.4 Å². The van der Waals surface area contributed by atoms with Crippen LogP contribution in [-0.4, -0.2) is 24.2 Å². The van der Waals surface area contributed by atoms with E-state index >= 15 is 0 Å². The lowest BCUT2D eigenvalue weighted by atomic mass is 10.2. The highest BCUT2D eigenvalue weighted by Crippen LogP contribution is 2.17. The van der Waals surface area contributed by atoms with E-state index in [1.165, 1.54) is 17.3 Å².